The van der Waals surface area contributed by atoms with Gasteiger partial charge >= 0.3 is 12.1 Å². The number of allylic oxidation sites excluding steroid dienone is 4. The maximum absolute atomic E-state index is 12.4. The van der Waals surface area contributed by atoms with Crippen molar-refractivity contribution in [3.63, 3.8) is 0 Å². The first-order chi connectivity index (χ1) is 20.9. The number of carbonyl (C=O) groups is 2. The second kappa shape index (κ2) is 31.5. The van der Waals surface area contributed by atoms with Crippen LogP contribution in [-0.2, 0) is 28.5 Å². The third-order valence-electron chi connectivity index (χ3n) is 6.82. The number of nitrogens with zero attached hydrogens (tertiary/aromatic N) is 1. The molecule has 1 atom stereocenters. The van der Waals surface area contributed by atoms with E-state index in [2.05, 4.69) is 50.0 Å². The van der Waals surface area contributed by atoms with Crippen molar-refractivity contribution in [2.45, 2.75) is 142 Å². The van der Waals surface area contributed by atoms with Gasteiger partial charge in [0.15, 0.2) is 6.29 Å². The van der Waals surface area contributed by atoms with Gasteiger partial charge in [-0.3, -0.25) is 4.79 Å². The molecule has 8 heteroatoms. The molecule has 0 spiro atoms. The highest BCUT2D eigenvalue weighted by Gasteiger charge is 2.16. The lowest BCUT2D eigenvalue weighted by molar-refractivity contribution is -0.159. The first-order valence-electron chi connectivity index (χ1n) is 17.1. The maximum atomic E-state index is 12.4. The van der Waals surface area contributed by atoms with Crippen molar-refractivity contribution in [1.82, 2.24) is 4.90 Å². The van der Waals surface area contributed by atoms with E-state index in [1.807, 2.05) is 14.1 Å². The minimum atomic E-state index is -0.591. The van der Waals surface area contributed by atoms with Crippen LogP contribution < -0.4 is 0 Å². The fraction of sp³-hybridized carbons (Fsp3) is 0.829. The zero-order chi connectivity index (χ0) is 31.8. The molecule has 0 amide bonds. The molecule has 1 unspecified atom stereocenters. The molecule has 8 nitrogen and oxygen atoms in total. The minimum absolute atomic E-state index is 0.169. The lowest BCUT2D eigenvalue weighted by Crippen LogP contribution is -2.21. The first kappa shape index (κ1) is 41.1. The van der Waals surface area contributed by atoms with E-state index in [-0.39, 0.29) is 24.8 Å². The second-order valence-electron chi connectivity index (χ2n) is 11.3. The van der Waals surface area contributed by atoms with Crippen LogP contribution in [0.4, 0.5) is 4.79 Å². The van der Waals surface area contributed by atoms with Gasteiger partial charge in [-0.05, 0) is 97.6 Å². The van der Waals surface area contributed by atoms with Crippen molar-refractivity contribution in [3.8, 4) is 0 Å². The summed E-state index contributed by atoms with van der Waals surface area (Å²) in [7, 11) is 3.98. The predicted molar refractivity (Wildman–Crippen MR) is 175 cm³/mol. The molecule has 0 N–H and O–H groups in total. The van der Waals surface area contributed by atoms with Gasteiger partial charge < -0.3 is 28.6 Å². The summed E-state index contributed by atoms with van der Waals surface area (Å²) >= 11 is 0. The van der Waals surface area contributed by atoms with E-state index < -0.39 is 6.16 Å². The fourth-order valence-electron chi connectivity index (χ4n) is 4.31. The van der Waals surface area contributed by atoms with Gasteiger partial charge in [-0.15, -0.1) is 0 Å². The number of carbonyl (C=O) groups excluding carboxylic acids is 2. The summed E-state index contributed by atoms with van der Waals surface area (Å²) in [6.45, 7) is 9.24. The molecule has 43 heavy (non-hydrogen) atoms. The normalized spacial score (nSPS) is 12.5. The molecule has 0 aliphatic heterocycles. The highest BCUT2D eigenvalue weighted by atomic mass is 16.7. The van der Waals surface area contributed by atoms with E-state index in [9.17, 15) is 9.59 Å². The highest BCUT2D eigenvalue weighted by Crippen LogP contribution is 2.15. The van der Waals surface area contributed by atoms with Crippen LogP contribution in [0.3, 0.4) is 0 Å². The molecular formula is C35H65NO7. The lowest BCUT2D eigenvalue weighted by atomic mass is 10.1. The van der Waals surface area contributed by atoms with Gasteiger partial charge in [0.05, 0.1) is 19.6 Å². The zero-order valence-electron chi connectivity index (χ0n) is 28.3. The Hall–Kier alpha value is -1.90. The Morgan fingerprint density at radius 3 is 1.81 bits per heavy atom. The molecule has 0 saturated carbocycles. The molecule has 252 valence electrons. The number of hydrogen-bond donors (Lipinski definition) is 0. The number of ether oxygens (including phenoxy) is 5. The van der Waals surface area contributed by atoms with Crippen LogP contribution in [0.25, 0.3) is 0 Å². The van der Waals surface area contributed by atoms with Crippen molar-refractivity contribution >= 4 is 12.1 Å². The van der Waals surface area contributed by atoms with Crippen LogP contribution in [-0.4, -0.2) is 76.5 Å². The largest absolute Gasteiger partial charge is 0.508 e. The van der Waals surface area contributed by atoms with Gasteiger partial charge in [0.1, 0.15) is 6.10 Å². The Balaban J connectivity index is 4.35. The van der Waals surface area contributed by atoms with Crippen LogP contribution in [0.5, 0.6) is 0 Å². The molecule has 0 fully saturated rings. The van der Waals surface area contributed by atoms with Crippen molar-refractivity contribution in [2.75, 3.05) is 47.1 Å². The van der Waals surface area contributed by atoms with Gasteiger partial charge in [0, 0.05) is 26.2 Å². The molecule has 0 rings (SSSR count). The van der Waals surface area contributed by atoms with Crippen LogP contribution >= 0.6 is 0 Å². The van der Waals surface area contributed by atoms with Crippen molar-refractivity contribution in [3.05, 3.63) is 24.3 Å². The number of esters is 1. The Morgan fingerprint density at radius 2 is 1.23 bits per heavy atom. The molecule has 0 aliphatic rings. The molecule has 0 bridgehead atoms. The number of hydrogen-bond acceptors (Lipinski definition) is 8. The average molecular weight is 612 g/mol. The summed E-state index contributed by atoms with van der Waals surface area (Å²) in [6.07, 6.45) is 22.7. The third kappa shape index (κ3) is 29.9. The molecule has 0 aromatic heterocycles. The van der Waals surface area contributed by atoms with Gasteiger partial charge in [-0.25, -0.2) is 4.79 Å². The van der Waals surface area contributed by atoms with Gasteiger partial charge in [0.2, 0.25) is 0 Å². The summed E-state index contributed by atoms with van der Waals surface area (Å²) < 4.78 is 28.3. The molecular weight excluding hydrogens is 546 g/mol. The molecule has 0 radical (unpaired) electrons. The van der Waals surface area contributed by atoms with E-state index >= 15 is 0 Å². The average Bonchev–Trinajstić information content (AvgIpc) is 2.98. The van der Waals surface area contributed by atoms with E-state index in [1.54, 1.807) is 0 Å². The minimum Gasteiger partial charge on any atom is -0.466 e. The maximum Gasteiger partial charge on any atom is 0.508 e. The Kier molecular flexibility index (Phi) is 30.1. The molecule has 0 aromatic carbocycles. The van der Waals surface area contributed by atoms with E-state index in [1.165, 1.54) is 0 Å². The molecule has 0 saturated heterocycles. The number of rotatable bonds is 30. The highest BCUT2D eigenvalue weighted by molar-refractivity contribution is 5.69. The zero-order valence-corrected chi connectivity index (χ0v) is 28.3. The third-order valence-corrected chi connectivity index (χ3v) is 6.82. The topological polar surface area (TPSA) is 83.5 Å². The van der Waals surface area contributed by atoms with Crippen LogP contribution in [0.15, 0.2) is 24.3 Å². The van der Waals surface area contributed by atoms with E-state index in [4.69, 9.17) is 23.7 Å². The molecule has 0 heterocycles. The standard InChI is InChI=1S/C35H65NO7/c1-6-9-12-14-16-19-29-40-34(41-30-20-17-15-13-10-7-2)26-25-33(37)39-28-21-18-24-32(23-11-8-3)43-35(38)42-31-22-27-36(4)5/h9-10,12-13,32,34H,6-8,11,14-31H2,1-5H3/b12-9-,13-10-. The van der Waals surface area contributed by atoms with Crippen LogP contribution in [0, 0.1) is 0 Å². The Labute approximate surface area is 263 Å². The number of unbranched alkanes of at least 4 members (excludes halogenated alkanes) is 6. The van der Waals surface area contributed by atoms with E-state index in [0.29, 0.717) is 32.8 Å². The molecule has 0 aliphatic carbocycles. The fourth-order valence-corrected chi connectivity index (χ4v) is 4.31. The van der Waals surface area contributed by atoms with Gasteiger partial charge in [-0.1, -0.05) is 57.9 Å². The van der Waals surface area contributed by atoms with Crippen LogP contribution in [0.2, 0.25) is 0 Å². The van der Waals surface area contributed by atoms with Crippen molar-refractivity contribution in [2.24, 2.45) is 0 Å². The second-order valence-corrected chi connectivity index (χ2v) is 11.3. The summed E-state index contributed by atoms with van der Waals surface area (Å²) in [5.41, 5.74) is 0. The monoisotopic (exact) mass is 611 g/mol. The summed E-state index contributed by atoms with van der Waals surface area (Å²) in [5, 5.41) is 0. The predicted octanol–water partition coefficient (Wildman–Crippen LogP) is 8.78. The Bertz CT molecular complexity index is 672. The Morgan fingerprint density at radius 1 is 0.651 bits per heavy atom. The molecule has 0 aromatic rings. The summed E-state index contributed by atoms with van der Waals surface area (Å²) in [6, 6.07) is 0. The van der Waals surface area contributed by atoms with E-state index in [0.717, 1.165) is 103 Å². The first-order valence-corrected chi connectivity index (χ1v) is 17.1. The summed E-state index contributed by atoms with van der Waals surface area (Å²) in [5.74, 6) is -0.230. The van der Waals surface area contributed by atoms with Crippen molar-refractivity contribution in [1.29, 1.82) is 0 Å². The van der Waals surface area contributed by atoms with Crippen LogP contribution in [0.1, 0.15) is 130 Å². The smallest absolute Gasteiger partial charge is 0.466 e. The quantitative estimate of drug-likeness (QED) is 0.0345. The SMILES string of the molecule is CC/C=C\CCCCOC(CCC(=O)OCCCCC(CCCC)OC(=O)OCCCN(C)C)OCCCC/C=C\CC. The van der Waals surface area contributed by atoms with Crippen molar-refractivity contribution < 1.29 is 33.3 Å². The summed E-state index contributed by atoms with van der Waals surface area (Å²) in [4.78, 5) is 26.6. The van der Waals surface area contributed by atoms with Gasteiger partial charge in [-0.2, -0.15) is 0 Å². The lowest BCUT2D eigenvalue weighted by Gasteiger charge is -2.19. The van der Waals surface area contributed by atoms with Gasteiger partial charge in [0.25, 0.3) is 0 Å².